The molecule has 0 aromatic heterocycles. The van der Waals surface area contributed by atoms with Crippen LogP contribution in [0, 0.1) is 5.82 Å². The summed E-state index contributed by atoms with van der Waals surface area (Å²) in [4.78, 5) is 11.7. The molecule has 0 fully saturated rings. The minimum absolute atomic E-state index is 0.0123. The van der Waals surface area contributed by atoms with Crippen molar-refractivity contribution in [2.75, 3.05) is 11.1 Å². The minimum atomic E-state index is -0.579. The molecule has 1 amide bonds. The van der Waals surface area contributed by atoms with Crippen molar-refractivity contribution in [3.05, 3.63) is 64.9 Å². The summed E-state index contributed by atoms with van der Waals surface area (Å²) in [7, 11) is 0. The second kappa shape index (κ2) is 6.21. The Balaban J connectivity index is 2.03. The Morgan fingerprint density at radius 3 is 2.75 bits per heavy atom. The van der Waals surface area contributed by atoms with Gasteiger partial charge in [0.2, 0.25) is 5.91 Å². The van der Waals surface area contributed by atoms with Gasteiger partial charge in [0.1, 0.15) is 5.82 Å². The van der Waals surface area contributed by atoms with E-state index in [4.69, 9.17) is 17.3 Å². The van der Waals surface area contributed by atoms with Crippen molar-refractivity contribution in [3.63, 3.8) is 0 Å². The monoisotopic (exact) mass is 290 g/mol. The summed E-state index contributed by atoms with van der Waals surface area (Å²) in [6.07, 6.45) is 2.97. The highest BCUT2D eigenvalue weighted by Gasteiger charge is 2.03. The van der Waals surface area contributed by atoms with Crippen LogP contribution in [0.4, 0.5) is 15.8 Å². The third-order valence-corrected chi connectivity index (χ3v) is 2.83. The molecule has 2 aromatic carbocycles. The number of hydrogen-bond acceptors (Lipinski definition) is 2. The van der Waals surface area contributed by atoms with Crippen molar-refractivity contribution in [1.29, 1.82) is 0 Å². The predicted molar refractivity (Wildman–Crippen MR) is 79.9 cm³/mol. The van der Waals surface area contributed by atoms with E-state index >= 15 is 0 Å². The van der Waals surface area contributed by atoms with Crippen molar-refractivity contribution in [3.8, 4) is 0 Å². The number of nitrogens with one attached hydrogen (secondary N) is 1. The zero-order valence-electron chi connectivity index (χ0n) is 10.4. The second-order valence-electron chi connectivity index (χ2n) is 4.12. The third kappa shape index (κ3) is 3.83. The molecule has 5 heteroatoms. The minimum Gasteiger partial charge on any atom is -0.399 e. The second-order valence-corrected chi connectivity index (χ2v) is 4.53. The molecule has 0 aliphatic heterocycles. The van der Waals surface area contributed by atoms with Gasteiger partial charge < -0.3 is 11.1 Å². The summed E-state index contributed by atoms with van der Waals surface area (Å²) < 4.78 is 13.2. The largest absolute Gasteiger partial charge is 0.399 e. The van der Waals surface area contributed by atoms with E-state index in [2.05, 4.69) is 5.32 Å². The Bertz CT molecular complexity index is 671. The molecule has 0 aliphatic rings. The Labute approximate surface area is 120 Å². The van der Waals surface area contributed by atoms with Gasteiger partial charge in [0.05, 0.1) is 5.02 Å². The molecule has 20 heavy (non-hydrogen) atoms. The van der Waals surface area contributed by atoms with E-state index in [1.165, 1.54) is 18.2 Å². The molecule has 0 spiro atoms. The quantitative estimate of drug-likeness (QED) is 0.669. The maximum Gasteiger partial charge on any atom is 0.248 e. The molecular formula is C15H12ClFN2O. The number of benzene rings is 2. The van der Waals surface area contributed by atoms with E-state index in [0.29, 0.717) is 11.4 Å². The lowest BCUT2D eigenvalue weighted by Crippen LogP contribution is -2.07. The van der Waals surface area contributed by atoms with Crippen LogP contribution >= 0.6 is 11.6 Å². The smallest absolute Gasteiger partial charge is 0.248 e. The van der Waals surface area contributed by atoms with Crippen LogP contribution in [0.25, 0.3) is 6.08 Å². The molecule has 0 bridgehead atoms. The Kier molecular flexibility index (Phi) is 4.38. The van der Waals surface area contributed by atoms with Gasteiger partial charge in [-0.25, -0.2) is 4.39 Å². The third-order valence-electron chi connectivity index (χ3n) is 2.52. The van der Waals surface area contributed by atoms with Crippen molar-refractivity contribution in [2.24, 2.45) is 0 Å². The van der Waals surface area contributed by atoms with Crippen molar-refractivity contribution in [1.82, 2.24) is 0 Å². The molecule has 102 valence electrons. The zero-order chi connectivity index (χ0) is 14.5. The van der Waals surface area contributed by atoms with Crippen LogP contribution < -0.4 is 11.1 Å². The van der Waals surface area contributed by atoms with Gasteiger partial charge in [-0.15, -0.1) is 0 Å². The molecule has 0 saturated carbocycles. The fourth-order valence-corrected chi connectivity index (χ4v) is 1.71. The number of amides is 1. The number of hydrogen-bond donors (Lipinski definition) is 2. The van der Waals surface area contributed by atoms with Gasteiger partial charge >= 0.3 is 0 Å². The van der Waals surface area contributed by atoms with Crippen molar-refractivity contribution >= 4 is 35.0 Å². The lowest BCUT2D eigenvalue weighted by Gasteiger charge is -2.03. The Morgan fingerprint density at radius 1 is 1.25 bits per heavy atom. The van der Waals surface area contributed by atoms with Crippen LogP contribution in [0.15, 0.2) is 48.5 Å². The van der Waals surface area contributed by atoms with E-state index < -0.39 is 5.82 Å². The van der Waals surface area contributed by atoms with E-state index in [-0.39, 0.29) is 10.9 Å². The first kappa shape index (κ1) is 14.1. The summed E-state index contributed by atoms with van der Waals surface area (Å²) in [6.45, 7) is 0. The number of nitrogen functional groups attached to an aromatic ring is 1. The average Bonchev–Trinajstić information content (AvgIpc) is 2.41. The van der Waals surface area contributed by atoms with Gasteiger partial charge in [0, 0.05) is 17.5 Å². The first-order valence-electron chi connectivity index (χ1n) is 5.84. The number of halogens is 2. The molecule has 0 heterocycles. The highest BCUT2D eigenvalue weighted by molar-refractivity contribution is 6.30. The molecule has 3 N–H and O–H groups in total. The summed E-state index contributed by atoms with van der Waals surface area (Å²) >= 11 is 5.56. The summed E-state index contributed by atoms with van der Waals surface area (Å²) in [5, 5.41) is 2.55. The SMILES string of the molecule is Nc1cccc(/C=C/C(=O)Nc2ccc(Cl)c(F)c2)c1. The molecule has 0 atom stereocenters. The van der Waals surface area contributed by atoms with Crippen LogP contribution in [0.3, 0.4) is 0 Å². The number of carbonyl (C=O) groups is 1. The van der Waals surface area contributed by atoms with E-state index in [1.807, 2.05) is 6.07 Å². The summed E-state index contributed by atoms with van der Waals surface area (Å²) in [6, 6.07) is 11.2. The molecule has 0 aliphatic carbocycles. The first-order valence-corrected chi connectivity index (χ1v) is 6.22. The standard InChI is InChI=1S/C15H12ClFN2O/c16-13-6-5-12(9-14(13)17)19-15(20)7-4-10-2-1-3-11(18)8-10/h1-9H,18H2,(H,19,20)/b7-4+. The summed E-state index contributed by atoms with van der Waals surface area (Å²) in [5.74, 6) is -0.946. The van der Waals surface area contributed by atoms with Crippen molar-refractivity contribution in [2.45, 2.75) is 0 Å². The Morgan fingerprint density at radius 2 is 2.05 bits per heavy atom. The van der Waals surface area contributed by atoms with Crippen molar-refractivity contribution < 1.29 is 9.18 Å². The fourth-order valence-electron chi connectivity index (χ4n) is 1.59. The summed E-state index contributed by atoms with van der Waals surface area (Å²) in [5.41, 5.74) is 7.40. The number of carbonyl (C=O) groups excluding carboxylic acids is 1. The number of anilines is 2. The normalized spacial score (nSPS) is 10.7. The maximum absolute atomic E-state index is 13.2. The molecular weight excluding hydrogens is 279 g/mol. The number of rotatable bonds is 3. The molecule has 0 saturated heterocycles. The van der Waals surface area contributed by atoms with Crippen LogP contribution in [-0.2, 0) is 4.79 Å². The van der Waals surface area contributed by atoms with Crippen LogP contribution in [0.2, 0.25) is 5.02 Å². The molecule has 3 nitrogen and oxygen atoms in total. The van der Waals surface area contributed by atoms with Gasteiger partial charge in [0.25, 0.3) is 0 Å². The van der Waals surface area contributed by atoms with Gasteiger partial charge in [-0.3, -0.25) is 4.79 Å². The highest BCUT2D eigenvalue weighted by atomic mass is 35.5. The van der Waals surface area contributed by atoms with Crippen LogP contribution in [0.1, 0.15) is 5.56 Å². The van der Waals surface area contributed by atoms with E-state index in [1.54, 1.807) is 24.3 Å². The van der Waals surface area contributed by atoms with Gasteiger partial charge in [-0.1, -0.05) is 23.7 Å². The zero-order valence-corrected chi connectivity index (χ0v) is 11.2. The van der Waals surface area contributed by atoms with Gasteiger partial charge in [0.15, 0.2) is 0 Å². The molecule has 2 rings (SSSR count). The van der Waals surface area contributed by atoms with Crippen LogP contribution in [-0.4, -0.2) is 5.91 Å². The molecule has 0 radical (unpaired) electrons. The van der Waals surface area contributed by atoms with Crippen LogP contribution in [0.5, 0.6) is 0 Å². The Hall–Kier alpha value is -2.33. The van der Waals surface area contributed by atoms with Gasteiger partial charge in [-0.2, -0.15) is 0 Å². The topological polar surface area (TPSA) is 55.1 Å². The average molecular weight is 291 g/mol. The maximum atomic E-state index is 13.2. The lowest BCUT2D eigenvalue weighted by atomic mass is 10.2. The number of nitrogens with two attached hydrogens (primary N) is 1. The van der Waals surface area contributed by atoms with E-state index in [0.717, 1.165) is 11.6 Å². The predicted octanol–water partition coefficient (Wildman–Crippen LogP) is 3.71. The molecule has 2 aromatic rings. The molecule has 0 unspecified atom stereocenters. The van der Waals surface area contributed by atoms with Gasteiger partial charge in [-0.05, 0) is 42.0 Å². The lowest BCUT2D eigenvalue weighted by molar-refractivity contribution is -0.111. The fraction of sp³-hybridized carbons (Fsp3) is 0. The first-order chi connectivity index (χ1) is 9.54. The highest BCUT2D eigenvalue weighted by Crippen LogP contribution is 2.18. The van der Waals surface area contributed by atoms with E-state index in [9.17, 15) is 9.18 Å².